The fourth-order valence-electron chi connectivity index (χ4n) is 3.57. The third-order valence-electron chi connectivity index (χ3n) is 5.09. The highest BCUT2D eigenvalue weighted by Crippen LogP contribution is 2.30. The lowest BCUT2D eigenvalue weighted by molar-refractivity contribution is 0.415. The molecule has 0 atom stereocenters. The van der Waals surface area contributed by atoms with Gasteiger partial charge >= 0.3 is 5.69 Å². The number of imidazole rings is 2. The summed E-state index contributed by atoms with van der Waals surface area (Å²) < 4.78 is 10.2. The van der Waals surface area contributed by atoms with E-state index in [-0.39, 0.29) is 0 Å². The summed E-state index contributed by atoms with van der Waals surface area (Å²) in [5, 5.41) is 0.628. The van der Waals surface area contributed by atoms with E-state index in [2.05, 4.69) is 9.97 Å². The number of aromatic nitrogens is 5. The molecule has 1 N–H and O–H groups in total. The van der Waals surface area contributed by atoms with Gasteiger partial charge in [-0.2, -0.15) is 4.98 Å². The van der Waals surface area contributed by atoms with Gasteiger partial charge in [-0.25, -0.2) is 4.79 Å². The summed E-state index contributed by atoms with van der Waals surface area (Å²) in [6.07, 6.45) is 1.83. The van der Waals surface area contributed by atoms with E-state index < -0.39 is 11.2 Å². The second-order valence-corrected chi connectivity index (χ2v) is 7.26. The molecule has 0 unspecified atom stereocenters. The average molecular weight is 422 g/mol. The number of aryl methyl sites for hydroxylation is 1. The van der Waals surface area contributed by atoms with Crippen molar-refractivity contribution in [2.45, 2.75) is 0 Å². The SMILES string of the molecule is COc1ccc(-n2c(-c3ccc(Cl)cc3)cn3c4c(=O)[nH]c(=O)n(C)c4nc23)cc1. The zero-order chi connectivity index (χ0) is 21.0. The van der Waals surface area contributed by atoms with Crippen molar-refractivity contribution in [2.75, 3.05) is 7.11 Å². The van der Waals surface area contributed by atoms with Gasteiger partial charge < -0.3 is 4.74 Å². The minimum absolute atomic E-state index is 0.301. The van der Waals surface area contributed by atoms with Crippen LogP contribution < -0.4 is 16.0 Å². The van der Waals surface area contributed by atoms with Crippen LogP contribution in [0.2, 0.25) is 5.02 Å². The first-order chi connectivity index (χ1) is 14.5. The highest BCUT2D eigenvalue weighted by molar-refractivity contribution is 6.30. The molecular formula is C21H16ClN5O3. The van der Waals surface area contributed by atoms with E-state index in [0.717, 1.165) is 22.7 Å². The number of hydrogen-bond acceptors (Lipinski definition) is 4. The lowest BCUT2D eigenvalue weighted by Crippen LogP contribution is -2.28. The molecule has 3 heterocycles. The van der Waals surface area contributed by atoms with Gasteiger partial charge in [-0.05, 0) is 36.4 Å². The molecule has 5 rings (SSSR count). The molecule has 0 aliphatic heterocycles. The smallest absolute Gasteiger partial charge is 0.329 e. The molecule has 9 heteroatoms. The zero-order valence-corrected chi connectivity index (χ0v) is 16.8. The molecular weight excluding hydrogens is 406 g/mol. The van der Waals surface area contributed by atoms with Crippen molar-refractivity contribution in [3.05, 3.63) is 80.6 Å². The molecule has 3 aromatic heterocycles. The number of benzene rings is 2. The number of halogens is 1. The van der Waals surface area contributed by atoms with E-state index in [9.17, 15) is 9.59 Å². The molecule has 150 valence electrons. The van der Waals surface area contributed by atoms with Crippen molar-refractivity contribution < 1.29 is 4.74 Å². The van der Waals surface area contributed by atoms with Gasteiger partial charge in [-0.15, -0.1) is 0 Å². The summed E-state index contributed by atoms with van der Waals surface area (Å²) in [6.45, 7) is 0. The highest BCUT2D eigenvalue weighted by atomic mass is 35.5. The van der Waals surface area contributed by atoms with Crippen LogP contribution in [-0.2, 0) is 7.05 Å². The van der Waals surface area contributed by atoms with Crippen molar-refractivity contribution in [1.82, 2.24) is 23.5 Å². The topological polar surface area (TPSA) is 86.3 Å². The molecule has 5 aromatic rings. The summed E-state index contributed by atoms with van der Waals surface area (Å²) in [5.74, 6) is 1.23. The van der Waals surface area contributed by atoms with Crippen molar-refractivity contribution in [3.63, 3.8) is 0 Å². The highest BCUT2D eigenvalue weighted by Gasteiger charge is 2.20. The molecule has 0 radical (unpaired) electrons. The maximum Gasteiger partial charge on any atom is 0.329 e. The van der Waals surface area contributed by atoms with Gasteiger partial charge in [-0.1, -0.05) is 23.7 Å². The number of nitrogens with zero attached hydrogens (tertiary/aromatic N) is 4. The Balaban J connectivity index is 1.90. The molecule has 0 aliphatic carbocycles. The first kappa shape index (κ1) is 18.3. The predicted molar refractivity (Wildman–Crippen MR) is 115 cm³/mol. The quantitative estimate of drug-likeness (QED) is 0.485. The van der Waals surface area contributed by atoms with Gasteiger partial charge in [0.1, 0.15) is 5.75 Å². The van der Waals surface area contributed by atoms with Crippen molar-refractivity contribution in [3.8, 4) is 22.7 Å². The molecule has 0 saturated heterocycles. The summed E-state index contributed by atoms with van der Waals surface area (Å²) >= 11 is 6.06. The Bertz CT molecular complexity index is 1520. The normalized spacial score (nSPS) is 11.4. The van der Waals surface area contributed by atoms with Crippen LogP contribution in [0.15, 0.2) is 64.3 Å². The van der Waals surface area contributed by atoms with E-state index in [1.807, 2.05) is 47.2 Å². The number of hydrogen-bond donors (Lipinski definition) is 1. The van der Waals surface area contributed by atoms with Gasteiger partial charge in [0, 0.05) is 29.5 Å². The van der Waals surface area contributed by atoms with Gasteiger partial charge in [0.05, 0.1) is 12.8 Å². The van der Waals surface area contributed by atoms with Crippen LogP contribution in [-0.4, -0.2) is 30.6 Å². The van der Waals surface area contributed by atoms with E-state index >= 15 is 0 Å². The van der Waals surface area contributed by atoms with E-state index in [1.54, 1.807) is 30.7 Å². The average Bonchev–Trinajstić information content (AvgIpc) is 3.29. The fourth-order valence-corrected chi connectivity index (χ4v) is 3.69. The van der Waals surface area contributed by atoms with Crippen molar-refractivity contribution >= 4 is 28.5 Å². The van der Waals surface area contributed by atoms with Gasteiger partial charge in [0.25, 0.3) is 5.56 Å². The molecule has 0 amide bonds. The van der Waals surface area contributed by atoms with Crippen LogP contribution in [0, 0.1) is 0 Å². The van der Waals surface area contributed by atoms with Gasteiger partial charge in [0.15, 0.2) is 11.2 Å². The van der Waals surface area contributed by atoms with Crippen LogP contribution >= 0.6 is 11.6 Å². The predicted octanol–water partition coefficient (Wildman–Crippen LogP) is 2.99. The Morgan fingerprint density at radius 3 is 2.40 bits per heavy atom. The number of aromatic amines is 1. The summed E-state index contributed by atoms with van der Waals surface area (Å²) in [7, 11) is 3.18. The maximum absolute atomic E-state index is 12.6. The molecule has 8 nitrogen and oxygen atoms in total. The van der Waals surface area contributed by atoms with Gasteiger partial charge in [-0.3, -0.25) is 23.3 Å². The molecule has 0 spiro atoms. The third-order valence-corrected chi connectivity index (χ3v) is 5.35. The van der Waals surface area contributed by atoms with Crippen LogP contribution in [0.3, 0.4) is 0 Å². The maximum atomic E-state index is 12.6. The van der Waals surface area contributed by atoms with Crippen molar-refractivity contribution in [1.29, 1.82) is 0 Å². The lowest BCUT2D eigenvalue weighted by atomic mass is 10.1. The first-order valence-corrected chi connectivity index (χ1v) is 9.49. The van der Waals surface area contributed by atoms with Crippen LogP contribution in [0.5, 0.6) is 5.75 Å². The van der Waals surface area contributed by atoms with E-state index in [1.165, 1.54) is 4.57 Å². The Morgan fingerprint density at radius 2 is 1.73 bits per heavy atom. The summed E-state index contributed by atoms with van der Waals surface area (Å²) in [6, 6.07) is 14.9. The second-order valence-electron chi connectivity index (χ2n) is 6.83. The molecule has 30 heavy (non-hydrogen) atoms. The molecule has 0 saturated carbocycles. The van der Waals surface area contributed by atoms with Gasteiger partial charge in [0.2, 0.25) is 5.78 Å². The Morgan fingerprint density at radius 1 is 1.03 bits per heavy atom. The minimum Gasteiger partial charge on any atom is -0.497 e. The Hall–Kier alpha value is -3.78. The number of fused-ring (bicyclic) bond motifs is 3. The summed E-state index contributed by atoms with van der Waals surface area (Å²) in [5.41, 5.74) is 2.15. The summed E-state index contributed by atoms with van der Waals surface area (Å²) in [4.78, 5) is 31.6. The van der Waals surface area contributed by atoms with Crippen molar-refractivity contribution in [2.24, 2.45) is 7.05 Å². The minimum atomic E-state index is -0.512. The van der Waals surface area contributed by atoms with Crippen LogP contribution in [0.1, 0.15) is 0 Å². The van der Waals surface area contributed by atoms with E-state index in [0.29, 0.717) is 22.0 Å². The third kappa shape index (κ3) is 2.65. The molecule has 0 bridgehead atoms. The van der Waals surface area contributed by atoms with E-state index in [4.69, 9.17) is 16.3 Å². The molecule has 0 aliphatic rings. The first-order valence-electron chi connectivity index (χ1n) is 9.11. The zero-order valence-electron chi connectivity index (χ0n) is 16.1. The Kier molecular flexibility index (Phi) is 4.04. The van der Waals surface area contributed by atoms with Crippen LogP contribution in [0.4, 0.5) is 0 Å². The van der Waals surface area contributed by atoms with Crippen LogP contribution in [0.25, 0.3) is 33.9 Å². The number of rotatable bonds is 3. The molecule has 2 aromatic carbocycles. The Labute approximate surface area is 174 Å². The standard InChI is InChI=1S/C21H16ClN5O3/c1-25-18-17(19(28)24-21(25)29)26-11-16(12-3-5-13(22)6-4-12)27(20(26)23-18)14-7-9-15(30-2)10-8-14/h3-11H,1-2H3,(H,24,28,29). The lowest BCUT2D eigenvalue weighted by Gasteiger charge is -2.10. The number of ether oxygens (including phenoxy) is 1. The monoisotopic (exact) mass is 421 g/mol. The largest absolute Gasteiger partial charge is 0.497 e. The molecule has 0 fully saturated rings. The number of methoxy groups -OCH3 is 1. The fraction of sp³-hybridized carbons (Fsp3) is 0.0952. The second kappa shape index (κ2) is 6.64. The number of nitrogens with one attached hydrogen (secondary N) is 1. The number of H-pyrrole nitrogens is 1.